The predicted molar refractivity (Wildman–Crippen MR) is 81.7 cm³/mol. The van der Waals surface area contributed by atoms with Crippen molar-refractivity contribution in [1.82, 2.24) is 24.7 Å². The van der Waals surface area contributed by atoms with Crippen LogP contribution in [0, 0.1) is 5.92 Å². The first-order chi connectivity index (χ1) is 10.3. The summed E-state index contributed by atoms with van der Waals surface area (Å²) in [6.45, 7) is 3.95. The van der Waals surface area contributed by atoms with E-state index in [1.54, 1.807) is 10.9 Å². The highest BCUT2D eigenvalue weighted by molar-refractivity contribution is 5.39. The molecule has 1 aliphatic rings. The van der Waals surface area contributed by atoms with Gasteiger partial charge in [-0.1, -0.05) is 6.92 Å². The fourth-order valence-corrected chi connectivity index (χ4v) is 2.10. The Labute approximate surface area is 124 Å². The molecule has 3 rings (SSSR count). The molecule has 0 atom stereocenters. The molecule has 112 valence electrons. The lowest BCUT2D eigenvalue weighted by Crippen LogP contribution is -2.24. The Kier molecular flexibility index (Phi) is 3.98. The van der Waals surface area contributed by atoms with Gasteiger partial charge in [0.05, 0.1) is 0 Å². The first kappa shape index (κ1) is 13.8. The quantitative estimate of drug-likeness (QED) is 0.836. The zero-order valence-corrected chi connectivity index (χ0v) is 12.5. The third-order valence-corrected chi connectivity index (χ3v) is 3.42. The maximum atomic E-state index is 4.53. The van der Waals surface area contributed by atoms with Crippen molar-refractivity contribution in [2.75, 3.05) is 30.4 Å². The summed E-state index contributed by atoms with van der Waals surface area (Å²) in [4.78, 5) is 15.6. The van der Waals surface area contributed by atoms with Gasteiger partial charge in [0.2, 0.25) is 11.9 Å². The van der Waals surface area contributed by atoms with E-state index >= 15 is 0 Å². The van der Waals surface area contributed by atoms with Crippen LogP contribution in [0.2, 0.25) is 0 Å². The van der Waals surface area contributed by atoms with Crippen LogP contribution in [0.15, 0.2) is 18.5 Å². The molecule has 7 heteroatoms. The molecular formula is C14H21N7. The summed E-state index contributed by atoms with van der Waals surface area (Å²) < 4.78 is 1.66. The first-order valence-corrected chi connectivity index (χ1v) is 7.47. The molecule has 0 aliphatic heterocycles. The maximum Gasteiger partial charge on any atom is 0.257 e. The van der Waals surface area contributed by atoms with Gasteiger partial charge in [0.1, 0.15) is 0 Å². The highest BCUT2D eigenvalue weighted by Crippen LogP contribution is 2.30. The molecule has 0 radical (unpaired) electrons. The third-order valence-electron chi connectivity index (χ3n) is 3.42. The maximum absolute atomic E-state index is 4.53. The van der Waals surface area contributed by atoms with Crippen molar-refractivity contribution in [3.05, 3.63) is 18.5 Å². The Hall–Kier alpha value is -2.18. The number of hydrogen-bond donors (Lipinski definition) is 1. The van der Waals surface area contributed by atoms with Crippen molar-refractivity contribution in [3.63, 3.8) is 0 Å². The fourth-order valence-electron chi connectivity index (χ4n) is 2.10. The Bertz CT molecular complexity index is 577. The molecule has 1 saturated carbocycles. The summed E-state index contributed by atoms with van der Waals surface area (Å²) >= 11 is 0. The molecule has 0 unspecified atom stereocenters. The van der Waals surface area contributed by atoms with E-state index in [9.17, 15) is 0 Å². The number of hydrogen-bond acceptors (Lipinski definition) is 6. The van der Waals surface area contributed by atoms with E-state index in [1.165, 1.54) is 12.8 Å². The van der Waals surface area contributed by atoms with Gasteiger partial charge in [-0.3, -0.25) is 0 Å². The van der Waals surface area contributed by atoms with Crippen molar-refractivity contribution in [1.29, 1.82) is 0 Å². The van der Waals surface area contributed by atoms with Gasteiger partial charge in [-0.05, 0) is 31.2 Å². The average Bonchev–Trinajstić information content (AvgIpc) is 3.14. The van der Waals surface area contributed by atoms with Gasteiger partial charge in [0.15, 0.2) is 0 Å². The zero-order valence-electron chi connectivity index (χ0n) is 12.5. The monoisotopic (exact) mass is 287 g/mol. The summed E-state index contributed by atoms with van der Waals surface area (Å²) in [6, 6.07) is 1.86. The first-order valence-electron chi connectivity index (χ1n) is 7.47. The van der Waals surface area contributed by atoms with E-state index in [4.69, 9.17) is 0 Å². The van der Waals surface area contributed by atoms with Gasteiger partial charge in [0.25, 0.3) is 5.95 Å². The number of rotatable bonds is 7. The average molecular weight is 287 g/mol. The van der Waals surface area contributed by atoms with Crippen LogP contribution in [0.25, 0.3) is 5.95 Å². The van der Waals surface area contributed by atoms with E-state index in [0.717, 1.165) is 25.4 Å². The smallest absolute Gasteiger partial charge is 0.257 e. The minimum Gasteiger partial charge on any atom is -0.354 e. The molecule has 1 N–H and O–H groups in total. The van der Waals surface area contributed by atoms with Crippen LogP contribution in [-0.4, -0.2) is 44.9 Å². The minimum atomic E-state index is 0.547. The molecule has 2 heterocycles. The lowest BCUT2D eigenvalue weighted by molar-refractivity contribution is 0.739. The van der Waals surface area contributed by atoms with E-state index in [2.05, 4.69) is 37.2 Å². The summed E-state index contributed by atoms with van der Waals surface area (Å²) in [5, 5.41) is 7.43. The summed E-state index contributed by atoms with van der Waals surface area (Å²) in [5.41, 5.74) is 0. The predicted octanol–water partition coefficient (Wildman–Crippen LogP) is 1.73. The standard InChI is InChI=1S/C14H21N7/c1-3-7-15-12-17-13(20(2)10-11-5-6-11)19-14(18-12)21-9-4-8-16-21/h4,8-9,11H,3,5-7,10H2,1-2H3,(H,15,17,18,19). The van der Waals surface area contributed by atoms with Crippen LogP contribution in [0.5, 0.6) is 0 Å². The largest absolute Gasteiger partial charge is 0.354 e. The van der Waals surface area contributed by atoms with E-state index < -0.39 is 0 Å². The second kappa shape index (κ2) is 6.07. The fraction of sp³-hybridized carbons (Fsp3) is 0.571. The van der Waals surface area contributed by atoms with Crippen LogP contribution in [0.1, 0.15) is 26.2 Å². The van der Waals surface area contributed by atoms with Gasteiger partial charge < -0.3 is 10.2 Å². The van der Waals surface area contributed by atoms with Gasteiger partial charge in [-0.2, -0.15) is 20.1 Å². The van der Waals surface area contributed by atoms with Crippen molar-refractivity contribution in [3.8, 4) is 5.95 Å². The molecule has 0 amide bonds. The molecule has 2 aromatic rings. The molecule has 0 spiro atoms. The summed E-state index contributed by atoms with van der Waals surface area (Å²) in [7, 11) is 2.03. The van der Waals surface area contributed by atoms with Crippen LogP contribution >= 0.6 is 0 Å². The van der Waals surface area contributed by atoms with Crippen LogP contribution in [-0.2, 0) is 0 Å². The Morgan fingerprint density at radius 2 is 2.19 bits per heavy atom. The normalized spacial score (nSPS) is 14.2. The van der Waals surface area contributed by atoms with Crippen molar-refractivity contribution in [2.24, 2.45) is 5.92 Å². The molecule has 1 aliphatic carbocycles. The van der Waals surface area contributed by atoms with Crippen LogP contribution < -0.4 is 10.2 Å². The van der Waals surface area contributed by atoms with Gasteiger partial charge in [0, 0.05) is 32.5 Å². The highest BCUT2D eigenvalue weighted by Gasteiger charge is 2.24. The molecule has 21 heavy (non-hydrogen) atoms. The van der Waals surface area contributed by atoms with Crippen molar-refractivity contribution >= 4 is 11.9 Å². The third kappa shape index (κ3) is 3.48. The Morgan fingerprint density at radius 3 is 2.86 bits per heavy atom. The molecule has 2 aromatic heterocycles. The Balaban J connectivity index is 1.87. The van der Waals surface area contributed by atoms with Gasteiger partial charge in [-0.25, -0.2) is 4.68 Å². The van der Waals surface area contributed by atoms with E-state index in [-0.39, 0.29) is 0 Å². The summed E-state index contributed by atoms with van der Waals surface area (Å²) in [6.07, 6.45) is 7.20. The second-order valence-corrected chi connectivity index (χ2v) is 5.46. The van der Waals surface area contributed by atoms with Crippen molar-refractivity contribution < 1.29 is 0 Å². The lowest BCUT2D eigenvalue weighted by Gasteiger charge is -2.18. The van der Waals surface area contributed by atoms with Crippen LogP contribution in [0.4, 0.5) is 11.9 Å². The second-order valence-electron chi connectivity index (χ2n) is 5.46. The zero-order chi connectivity index (χ0) is 14.7. The Morgan fingerprint density at radius 1 is 1.33 bits per heavy atom. The van der Waals surface area contributed by atoms with Crippen LogP contribution in [0.3, 0.4) is 0 Å². The van der Waals surface area contributed by atoms with Gasteiger partial charge in [-0.15, -0.1) is 0 Å². The molecule has 7 nitrogen and oxygen atoms in total. The minimum absolute atomic E-state index is 0.547. The van der Waals surface area contributed by atoms with E-state index in [1.807, 2.05) is 19.3 Å². The van der Waals surface area contributed by atoms with Crippen molar-refractivity contribution in [2.45, 2.75) is 26.2 Å². The van der Waals surface area contributed by atoms with E-state index in [0.29, 0.717) is 17.8 Å². The molecular weight excluding hydrogens is 266 g/mol. The summed E-state index contributed by atoms with van der Waals surface area (Å²) in [5.74, 6) is 2.63. The van der Waals surface area contributed by atoms with Gasteiger partial charge >= 0.3 is 0 Å². The molecule has 0 bridgehead atoms. The highest BCUT2D eigenvalue weighted by atomic mass is 15.4. The lowest BCUT2D eigenvalue weighted by atomic mass is 10.4. The number of nitrogens with one attached hydrogen (secondary N) is 1. The number of aromatic nitrogens is 5. The number of anilines is 2. The number of nitrogens with zero attached hydrogens (tertiary/aromatic N) is 6. The molecule has 1 fully saturated rings. The molecule has 0 saturated heterocycles. The topological polar surface area (TPSA) is 71.8 Å². The SMILES string of the molecule is CCCNc1nc(N(C)CC2CC2)nc(-n2cccn2)n1. The molecule has 0 aromatic carbocycles.